The fourth-order valence-corrected chi connectivity index (χ4v) is 7.89. The molecule has 7 nitrogen and oxygen atoms in total. The molecule has 41 heavy (non-hydrogen) atoms. The lowest BCUT2D eigenvalue weighted by molar-refractivity contribution is -0.137. The van der Waals surface area contributed by atoms with E-state index in [9.17, 15) is 22.0 Å². The molecule has 1 amide bonds. The number of hydrogen-bond acceptors (Lipinski definition) is 5. The molecule has 10 heteroatoms. The normalized spacial score (nSPS) is 21.8. The van der Waals surface area contributed by atoms with Crippen LogP contribution in [0.3, 0.4) is 0 Å². The summed E-state index contributed by atoms with van der Waals surface area (Å²) in [6.07, 6.45) is 7.74. The Balaban J connectivity index is 1.36. The van der Waals surface area contributed by atoms with Gasteiger partial charge in [-0.1, -0.05) is 13.8 Å². The summed E-state index contributed by atoms with van der Waals surface area (Å²) in [4.78, 5) is 17.9. The number of ether oxygens (including phenoxy) is 1. The molecule has 0 aromatic heterocycles. The fourth-order valence-electron chi connectivity index (χ4n) is 7.01. The molecule has 0 radical (unpaired) electrons. The van der Waals surface area contributed by atoms with Crippen molar-refractivity contribution in [2.45, 2.75) is 77.2 Å². The minimum atomic E-state index is -3.25. The molecule has 3 heterocycles. The van der Waals surface area contributed by atoms with Crippen molar-refractivity contribution in [1.82, 2.24) is 14.1 Å². The molecule has 3 aliphatic rings. The summed E-state index contributed by atoms with van der Waals surface area (Å²) in [6.45, 7) is 10.1. The minimum absolute atomic E-state index is 0.0434. The molecular formula is C31H49F2N3O4S. The summed E-state index contributed by atoms with van der Waals surface area (Å²) in [5, 5.41) is 0. The molecule has 0 spiro atoms. The second-order valence-corrected chi connectivity index (χ2v) is 14.9. The first-order valence-electron chi connectivity index (χ1n) is 15.5. The van der Waals surface area contributed by atoms with E-state index in [-0.39, 0.29) is 23.8 Å². The number of hydrogen-bond donors (Lipinski definition) is 0. The van der Waals surface area contributed by atoms with Gasteiger partial charge in [0.15, 0.2) is 0 Å². The van der Waals surface area contributed by atoms with E-state index < -0.39 is 21.7 Å². The number of nitrogens with zero attached hydrogens (tertiary/aromatic N) is 3. The number of carbonyl (C=O) groups is 1. The van der Waals surface area contributed by atoms with Crippen LogP contribution in [0.5, 0.6) is 0 Å². The molecule has 4 rings (SSSR count). The molecule has 1 aromatic rings. The molecule has 0 aliphatic carbocycles. The molecule has 0 unspecified atom stereocenters. The van der Waals surface area contributed by atoms with Gasteiger partial charge in [-0.3, -0.25) is 4.79 Å². The maximum Gasteiger partial charge on any atom is 0.223 e. The van der Waals surface area contributed by atoms with Crippen LogP contribution in [0.25, 0.3) is 0 Å². The number of sulfonamides is 1. The number of likely N-dealkylation sites (tertiary alicyclic amines) is 1. The van der Waals surface area contributed by atoms with Crippen molar-refractivity contribution in [1.29, 1.82) is 0 Å². The van der Waals surface area contributed by atoms with Crippen molar-refractivity contribution >= 4 is 15.9 Å². The maximum absolute atomic E-state index is 14.2. The molecule has 0 N–H and O–H groups in total. The van der Waals surface area contributed by atoms with Crippen LogP contribution >= 0.6 is 0 Å². The summed E-state index contributed by atoms with van der Waals surface area (Å²) in [6, 6.07) is 4.03. The Kier molecular flexibility index (Phi) is 11.6. The van der Waals surface area contributed by atoms with E-state index in [1.807, 2.05) is 0 Å². The van der Waals surface area contributed by atoms with E-state index in [1.54, 1.807) is 0 Å². The molecule has 3 fully saturated rings. The van der Waals surface area contributed by atoms with Gasteiger partial charge in [-0.2, -0.15) is 0 Å². The zero-order valence-electron chi connectivity index (χ0n) is 25.1. The van der Waals surface area contributed by atoms with Crippen LogP contribution in [0.2, 0.25) is 0 Å². The van der Waals surface area contributed by atoms with Crippen LogP contribution < -0.4 is 0 Å². The molecule has 3 saturated heterocycles. The Morgan fingerprint density at radius 2 is 1.59 bits per heavy atom. The molecular weight excluding hydrogens is 548 g/mol. The van der Waals surface area contributed by atoms with Gasteiger partial charge in [-0.15, -0.1) is 0 Å². The first-order chi connectivity index (χ1) is 19.5. The molecule has 1 atom stereocenters. The van der Waals surface area contributed by atoms with Crippen LogP contribution in [0.1, 0.15) is 76.7 Å². The van der Waals surface area contributed by atoms with Crippen LogP contribution in [-0.2, 0) is 19.6 Å². The first kappa shape index (κ1) is 32.3. The lowest BCUT2D eigenvalue weighted by Crippen LogP contribution is -2.49. The highest BCUT2D eigenvalue weighted by Crippen LogP contribution is 2.37. The number of piperidine rings is 2. The number of amides is 1. The summed E-state index contributed by atoms with van der Waals surface area (Å²) in [5.74, 6) is 0.0742. The quantitative estimate of drug-likeness (QED) is 0.364. The molecule has 1 aromatic carbocycles. The second-order valence-electron chi connectivity index (χ2n) is 12.9. The Morgan fingerprint density at radius 3 is 2.15 bits per heavy atom. The largest absolute Gasteiger partial charge is 0.381 e. The average molecular weight is 598 g/mol. The van der Waals surface area contributed by atoms with Gasteiger partial charge in [0, 0.05) is 64.5 Å². The summed E-state index contributed by atoms with van der Waals surface area (Å²) >= 11 is 0. The molecule has 0 bridgehead atoms. The smallest absolute Gasteiger partial charge is 0.223 e. The Morgan fingerprint density at radius 1 is 0.976 bits per heavy atom. The van der Waals surface area contributed by atoms with E-state index in [4.69, 9.17) is 4.74 Å². The lowest BCUT2D eigenvalue weighted by atomic mass is 9.78. The van der Waals surface area contributed by atoms with Crippen molar-refractivity contribution in [2.75, 3.05) is 58.7 Å². The van der Waals surface area contributed by atoms with Gasteiger partial charge in [0.1, 0.15) is 11.6 Å². The van der Waals surface area contributed by atoms with Crippen LogP contribution in [-0.4, -0.2) is 93.2 Å². The van der Waals surface area contributed by atoms with Crippen molar-refractivity contribution in [3.05, 3.63) is 35.4 Å². The van der Waals surface area contributed by atoms with E-state index in [0.717, 1.165) is 77.6 Å². The standard InChI is InChI=1S/C31H49F2N3O4S/c1-23(2)22-36(31(37)18-24-9-16-40-17-10-24)29-6-11-34(12-7-29)13-8-30(26-19-27(32)21-28(33)20-26)25-4-14-35(15-5-25)41(3,38)39/h19-21,23-25,29-30H,4-18,22H2,1-3H3/t30-/m1/s1. The van der Waals surface area contributed by atoms with E-state index >= 15 is 0 Å². The minimum Gasteiger partial charge on any atom is -0.381 e. The van der Waals surface area contributed by atoms with Crippen molar-refractivity contribution < 1.29 is 26.7 Å². The lowest BCUT2D eigenvalue weighted by Gasteiger charge is -2.41. The summed E-state index contributed by atoms with van der Waals surface area (Å²) in [5.41, 5.74) is 0.664. The number of halogens is 2. The fraction of sp³-hybridized carbons (Fsp3) is 0.774. The molecule has 3 aliphatic heterocycles. The predicted octanol–water partition coefficient (Wildman–Crippen LogP) is 4.88. The van der Waals surface area contributed by atoms with Gasteiger partial charge in [0.2, 0.25) is 15.9 Å². The zero-order chi connectivity index (χ0) is 29.6. The highest BCUT2D eigenvalue weighted by molar-refractivity contribution is 7.88. The summed E-state index contributed by atoms with van der Waals surface area (Å²) < 4.78 is 59.5. The van der Waals surface area contributed by atoms with Crippen LogP contribution in [0.4, 0.5) is 8.78 Å². The molecule has 232 valence electrons. The van der Waals surface area contributed by atoms with Crippen molar-refractivity contribution in [3.8, 4) is 0 Å². The predicted molar refractivity (Wildman–Crippen MR) is 157 cm³/mol. The van der Waals surface area contributed by atoms with Gasteiger partial charge >= 0.3 is 0 Å². The number of rotatable bonds is 11. The first-order valence-corrected chi connectivity index (χ1v) is 17.3. The Labute approximate surface area is 245 Å². The number of benzene rings is 1. The third-order valence-corrected chi connectivity index (χ3v) is 10.6. The van der Waals surface area contributed by atoms with E-state index in [2.05, 4.69) is 23.6 Å². The van der Waals surface area contributed by atoms with E-state index in [1.165, 1.54) is 22.7 Å². The maximum atomic E-state index is 14.2. The van der Waals surface area contributed by atoms with Gasteiger partial charge in [-0.25, -0.2) is 21.5 Å². The summed E-state index contributed by atoms with van der Waals surface area (Å²) in [7, 11) is -3.25. The van der Waals surface area contributed by atoms with Gasteiger partial charge in [0.25, 0.3) is 0 Å². The van der Waals surface area contributed by atoms with Crippen molar-refractivity contribution in [2.24, 2.45) is 17.8 Å². The highest BCUT2D eigenvalue weighted by atomic mass is 32.2. The monoisotopic (exact) mass is 597 g/mol. The Bertz CT molecular complexity index is 1080. The van der Waals surface area contributed by atoms with Crippen molar-refractivity contribution in [3.63, 3.8) is 0 Å². The third kappa shape index (κ3) is 9.43. The van der Waals surface area contributed by atoms with Crippen LogP contribution in [0.15, 0.2) is 18.2 Å². The zero-order valence-corrected chi connectivity index (χ0v) is 25.9. The van der Waals surface area contributed by atoms with Gasteiger partial charge < -0.3 is 14.5 Å². The van der Waals surface area contributed by atoms with Crippen LogP contribution in [0, 0.1) is 29.4 Å². The number of carbonyl (C=O) groups excluding carboxylic acids is 1. The average Bonchev–Trinajstić information content (AvgIpc) is 2.92. The van der Waals surface area contributed by atoms with E-state index in [0.29, 0.717) is 49.8 Å². The highest BCUT2D eigenvalue weighted by Gasteiger charge is 2.33. The van der Waals surface area contributed by atoms with Gasteiger partial charge in [0.05, 0.1) is 6.26 Å². The third-order valence-electron chi connectivity index (χ3n) is 9.29. The topological polar surface area (TPSA) is 70.2 Å². The SMILES string of the molecule is CC(C)CN(C(=O)CC1CCOCC1)C1CCN(CC[C@@H](c2cc(F)cc(F)c2)C2CCN(S(C)(=O)=O)CC2)CC1. The molecule has 0 saturated carbocycles. The Hall–Kier alpha value is -1.62. The second kappa shape index (κ2) is 14.7. The van der Waals surface area contributed by atoms with Gasteiger partial charge in [-0.05, 0) is 92.9 Å².